The number of carbonyl (C=O) groups is 1. The third kappa shape index (κ3) is 14.7. The number of fused-ring (bicyclic) bond motifs is 7. The fraction of sp³-hybridized carbons (Fsp3) is 0.958. The van der Waals surface area contributed by atoms with Gasteiger partial charge in [-0.25, -0.2) is 0 Å². The number of ether oxygens (including phenoxy) is 14. The Bertz CT molecular complexity index is 3060. The van der Waals surface area contributed by atoms with E-state index in [1.54, 1.807) is 0 Å². The maximum Gasteiger partial charge on any atom is 0.317 e. The molecule has 22 N–H and O–H groups in total. The minimum Gasteiger partial charge on any atom is -0.432 e. The van der Waals surface area contributed by atoms with Crippen LogP contribution in [0, 0.1) is 50.2 Å². The van der Waals surface area contributed by atoms with Gasteiger partial charge in [0.25, 0.3) is 0 Å². The molecule has 0 bridgehead atoms. The largest absolute Gasteiger partial charge is 0.432 e. The Kier molecular flexibility index (Phi) is 25.5. The van der Waals surface area contributed by atoms with E-state index in [9.17, 15) is 112 Å². The summed E-state index contributed by atoms with van der Waals surface area (Å²) in [4.78, 5) is 15.4. The quantitative estimate of drug-likeness (QED) is 0.0324. The number of hydrogen-bond donors (Lipinski definition) is 22. The van der Waals surface area contributed by atoms with Gasteiger partial charge >= 0.3 is 5.97 Å². The second-order valence-corrected chi connectivity index (χ2v) is 34.4. The van der Waals surface area contributed by atoms with Crippen molar-refractivity contribution >= 4 is 5.97 Å². The van der Waals surface area contributed by atoms with Gasteiger partial charge < -0.3 is 179 Å². The molecule has 12 rings (SSSR count). The number of rotatable bonds is 19. The maximum absolute atomic E-state index is 15.4. The van der Waals surface area contributed by atoms with E-state index in [0.29, 0.717) is 44.9 Å². The zero-order chi connectivity index (χ0) is 78.9. The summed E-state index contributed by atoms with van der Waals surface area (Å²) in [5, 5.41) is 242. The van der Waals surface area contributed by atoms with E-state index in [1.807, 2.05) is 0 Å². The summed E-state index contributed by atoms with van der Waals surface area (Å²) in [5.41, 5.74) is -3.14. The number of esters is 1. The molecule has 0 amide bonds. The van der Waals surface area contributed by atoms with Crippen molar-refractivity contribution < 1.29 is 183 Å². The van der Waals surface area contributed by atoms with Crippen LogP contribution in [0.15, 0.2) is 11.6 Å². The monoisotopic (exact) mass is 1560 g/mol. The van der Waals surface area contributed by atoms with E-state index >= 15 is 4.79 Å². The van der Waals surface area contributed by atoms with E-state index in [2.05, 4.69) is 54.5 Å². The fourth-order valence-corrected chi connectivity index (χ4v) is 20.6. The Morgan fingerprint density at radius 3 is 1.58 bits per heavy atom. The fourth-order valence-electron chi connectivity index (χ4n) is 20.6. The summed E-state index contributed by atoms with van der Waals surface area (Å²) in [7, 11) is 0. The Morgan fingerprint density at radius 2 is 0.944 bits per heavy atom. The molecule has 7 saturated heterocycles. The molecular weight excluding hydrogens is 1440 g/mol. The van der Waals surface area contributed by atoms with Gasteiger partial charge in [0.1, 0.15) is 164 Å². The molecule has 12 aliphatic rings. The number of aliphatic hydroxyl groups excluding tert-OH is 22. The van der Waals surface area contributed by atoms with Crippen LogP contribution in [-0.4, -0.2) is 379 Å². The summed E-state index contributed by atoms with van der Waals surface area (Å²) < 4.78 is 82.6. The van der Waals surface area contributed by atoms with Crippen molar-refractivity contribution in [1.82, 2.24) is 0 Å². The molecule has 0 aromatic carbocycles. The predicted molar refractivity (Wildman–Crippen MR) is 355 cm³/mol. The molecule has 43 atom stereocenters. The molecule has 11 fully saturated rings. The number of hydrogen-bond acceptors (Lipinski definition) is 37. The minimum absolute atomic E-state index is 0.00480. The van der Waals surface area contributed by atoms with Crippen molar-refractivity contribution in [3.05, 3.63) is 11.6 Å². The highest BCUT2D eigenvalue weighted by molar-refractivity contribution is 5.80. The number of allylic oxidation sites excluding steroid dienone is 2. The van der Waals surface area contributed by atoms with Gasteiger partial charge in [0.2, 0.25) is 6.29 Å². The molecule has 7 aliphatic heterocycles. The van der Waals surface area contributed by atoms with E-state index in [4.69, 9.17) is 66.3 Å². The Morgan fingerprint density at radius 1 is 0.444 bits per heavy atom. The van der Waals surface area contributed by atoms with Gasteiger partial charge in [-0.1, -0.05) is 60.1 Å². The first kappa shape index (κ1) is 85.2. The topological polar surface area (TPSA) is 591 Å². The van der Waals surface area contributed by atoms with Gasteiger partial charge in [0.15, 0.2) is 37.7 Å². The van der Waals surface area contributed by atoms with E-state index in [0.717, 1.165) is 5.57 Å². The average Bonchev–Trinajstić information content (AvgIpc) is 0.670. The van der Waals surface area contributed by atoms with Gasteiger partial charge in [-0.05, 0) is 110 Å². The number of carbonyl (C=O) groups excluding carboxylic acids is 1. The molecule has 37 heteroatoms. The standard InChI is InChI=1S/C71H116O37/c1-25-38(78)43(83)48(88)60(97-25)105-55-32(22-75)101-58(51(91)47(55)87)96-24-33-41(81)45(85)50(90)62(102-33)108-65(94)71-16-15-66(2,3)17-27(71)26-9-10-35-68(6)13-12-37(67(4,5)34(68)11-14-69(35,7)70(26,8)18-36(71)77)103-59-52(92)54(28(76)23-95-59)104-63-53(93)56(42(82)31(21-74)99-63)106-64-57(46(86)40(80)30(20-73)100-64)107-61-49(89)44(84)39(79)29(19-72)98-61/h9,25,27-64,72-93H,10-24H2,1-8H3/t25-,27-,28-,29+,30+,31+,32+,33+,34-,35+,36+,37-,38-,39+,40+,41+,42+,43+,44-,45-,46-,47+,48+,49+,50+,51+,52+,53+,54-,55+,56-,57+,58+,59-,60-,61-,62-,63-,64-,68-,69+,70+,71+/m0/s1. The lowest BCUT2D eigenvalue weighted by atomic mass is 9.33. The lowest BCUT2D eigenvalue weighted by Gasteiger charge is -2.71. The molecule has 0 spiro atoms. The van der Waals surface area contributed by atoms with E-state index < -0.39 is 294 Å². The zero-order valence-electron chi connectivity index (χ0n) is 61.7. The summed E-state index contributed by atoms with van der Waals surface area (Å²) in [6.07, 6.45) is -55.9. The second-order valence-electron chi connectivity index (χ2n) is 34.4. The third-order valence-electron chi connectivity index (χ3n) is 27.3. The van der Waals surface area contributed by atoms with Gasteiger partial charge in [0, 0.05) is 0 Å². The first-order chi connectivity index (χ1) is 50.7. The van der Waals surface area contributed by atoms with Crippen LogP contribution in [0.4, 0.5) is 0 Å². The molecule has 5 aliphatic carbocycles. The highest BCUT2D eigenvalue weighted by Crippen LogP contribution is 2.76. The van der Waals surface area contributed by atoms with E-state index in [-0.39, 0.29) is 35.5 Å². The molecule has 37 nitrogen and oxygen atoms in total. The van der Waals surface area contributed by atoms with Gasteiger partial charge in [-0.3, -0.25) is 4.79 Å². The van der Waals surface area contributed by atoms with Crippen LogP contribution >= 0.6 is 0 Å². The highest BCUT2D eigenvalue weighted by Gasteiger charge is 2.73. The minimum atomic E-state index is -2.10. The van der Waals surface area contributed by atoms with Crippen molar-refractivity contribution in [3.8, 4) is 0 Å². The van der Waals surface area contributed by atoms with Crippen LogP contribution in [-0.2, 0) is 71.1 Å². The second kappa shape index (κ2) is 32.4. The summed E-state index contributed by atoms with van der Waals surface area (Å²) in [6, 6.07) is 0. The predicted octanol–water partition coefficient (Wildman–Crippen LogP) is -7.93. The van der Waals surface area contributed by atoms with Crippen molar-refractivity contribution in [2.75, 3.05) is 39.6 Å². The van der Waals surface area contributed by atoms with Crippen molar-refractivity contribution in [3.63, 3.8) is 0 Å². The third-order valence-corrected chi connectivity index (χ3v) is 27.3. The van der Waals surface area contributed by atoms with Crippen molar-refractivity contribution in [2.45, 2.75) is 334 Å². The molecule has 7 heterocycles. The van der Waals surface area contributed by atoms with Gasteiger partial charge in [-0.2, -0.15) is 0 Å². The van der Waals surface area contributed by atoms with Crippen molar-refractivity contribution in [2.24, 2.45) is 50.2 Å². The average molecular weight is 1560 g/mol. The molecular formula is C71H116O37. The molecule has 0 aromatic rings. The molecule has 0 radical (unpaired) electrons. The summed E-state index contributed by atoms with van der Waals surface area (Å²) in [5.74, 6) is -1.51. The first-order valence-electron chi connectivity index (χ1n) is 37.7. The number of aliphatic hydroxyl groups is 22. The van der Waals surface area contributed by atoms with Gasteiger partial charge in [-0.15, -0.1) is 0 Å². The lowest BCUT2D eigenvalue weighted by molar-refractivity contribution is -0.395. The SMILES string of the molecule is C[C@@H]1O[C@@H](O[C@H]2[C@H](O)[C@@H](O)[C@H](OC[C@H]3O[C@@H](OC(=O)[C@]45CCC(C)(C)C[C@H]4C4=CC[C@@H]6[C@@]7(C)CC[C@H](O[C@@H]8OC[C@H](O)[C@H](O[C@@H]9O[C@H](CO)[C@@H](O)[C@H](O[C@@H]%10O[C@H](CO)[C@@H](O)[C@H](O)[C@H]%10O[C@@H]%10O[C@H](CO)[C@@H](O)[C@H](O)[C@H]%10O)[C@H]9O)[C@H]8O)C(C)(C)[C@@H]7CC[C@@]6(C)[C@]4(C)C[C@H]5O)[C@H](O)[C@@H](O)[C@@H]3O)O[C@@H]2CO)[C@H](O)[C@H](O)[C@H]1O. The Hall–Kier alpha value is -2.19. The first-order valence-corrected chi connectivity index (χ1v) is 37.7. The van der Waals surface area contributed by atoms with Crippen LogP contribution in [0.25, 0.3) is 0 Å². The highest BCUT2D eigenvalue weighted by atomic mass is 16.8. The molecule has 0 unspecified atom stereocenters. The summed E-state index contributed by atoms with van der Waals surface area (Å²) in [6.45, 7) is 11.8. The maximum atomic E-state index is 15.4. The molecule has 4 saturated carbocycles. The zero-order valence-corrected chi connectivity index (χ0v) is 61.7. The Balaban J connectivity index is 0.710. The van der Waals surface area contributed by atoms with Crippen molar-refractivity contribution in [1.29, 1.82) is 0 Å². The lowest BCUT2D eigenvalue weighted by Crippen LogP contribution is -2.68. The summed E-state index contributed by atoms with van der Waals surface area (Å²) >= 11 is 0. The van der Waals surface area contributed by atoms with E-state index in [1.165, 1.54) is 6.92 Å². The molecule has 0 aromatic heterocycles. The Labute approximate surface area is 623 Å². The van der Waals surface area contributed by atoms with Crippen LogP contribution in [0.1, 0.15) is 113 Å². The molecule has 108 heavy (non-hydrogen) atoms. The van der Waals surface area contributed by atoms with Crippen LogP contribution in [0.3, 0.4) is 0 Å². The normalized spacial score (nSPS) is 54.5. The van der Waals surface area contributed by atoms with Crippen LogP contribution in [0.2, 0.25) is 0 Å². The van der Waals surface area contributed by atoms with Crippen LogP contribution < -0.4 is 0 Å². The smallest absolute Gasteiger partial charge is 0.317 e. The van der Waals surface area contributed by atoms with Crippen LogP contribution in [0.5, 0.6) is 0 Å². The molecule has 622 valence electrons. The van der Waals surface area contributed by atoms with Gasteiger partial charge in [0.05, 0.1) is 58.0 Å².